The summed E-state index contributed by atoms with van der Waals surface area (Å²) < 4.78 is 13.1. The fourth-order valence-corrected chi connectivity index (χ4v) is 4.20. The number of ether oxygens (including phenoxy) is 2. The van der Waals surface area contributed by atoms with Crippen LogP contribution in [0.2, 0.25) is 0 Å². The van der Waals surface area contributed by atoms with Crippen molar-refractivity contribution in [2.45, 2.75) is 78.4 Å². The normalized spacial score (nSPS) is 16.5. The zero-order chi connectivity index (χ0) is 24.9. The van der Waals surface area contributed by atoms with Crippen molar-refractivity contribution in [3.63, 3.8) is 0 Å². The van der Waals surface area contributed by atoms with Crippen LogP contribution in [0, 0.1) is 5.92 Å². The Morgan fingerprint density at radius 2 is 2.03 bits per heavy atom. The first kappa shape index (κ1) is 26.0. The first-order valence-corrected chi connectivity index (χ1v) is 12.4. The Balaban J connectivity index is 1.52. The van der Waals surface area contributed by atoms with Gasteiger partial charge in [0.15, 0.2) is 11.5 Å². The van der Waals surface area contributed by atoms with Gasteiger partial charge in [0.25, 0.3) is 0 Å². The summed E-state index contributed by atoms with van der Waals surface area (Å²) in [6.45, 7) is 13.3. The van der Waals surface area contributed by atoms with Crippen molar-refractivity contribution in [3.05, 3.63) is 11.9 Å². The maximum Gasteiger partial charge on any atom is 0.410 e. The van der Waals surface area contributed by atoms with Gasteiger partial charge in [0, 0.05) is 20.1 Å². The first-order chi connectivity index (χ1) is 16.1. The highest BCUT2D eigenvalue weighted by atomic mass is 16.6. The number of nitrogen functional groups attached to an aromatic ring is 1. The molecule has 0 unspecified atom stereocenters. The largest absolute Gasteiger partial charge is 0.459 e. The summed E-state index contributed by atoms with van der Waals surface area (Å²) in [6, 6.07) is 0.300. The molecule has 1 aliphatic rings. The van der Waals surface area contributed by atoms with Crippen molar-refractivity contribution in [3.8, 4) is 6.01 Å². The van der Waals surface area contributed by atoms with E-state index in [-0.39, 0.29) is 12.2 Å². The van der Waals surface area contributed by atoms with Gasteiger partial charge in [-0.05, 0) is 72.4 Å². The van der Waals surface area contributed by atoms with Gasteiger partial charge >= 0.3 is 12.1 Å². The van der Waals surface area contributed by atoms with Crippen LogP contribution in [-0.2, 0) is 11.2 Å². The van der Waals surface area contributed by atoms with Crippen LogP contribution in [-0.4, -0.2) is 80.4 Å². The number of amides is 1. The number of likely N-dealkylation sites (tertiary alicyclic amines) is 1. The van der Waals surface area contributed by atoms with Crippen molar-refractivity contribution < 1.29 is 14.3 Å². The number of imidazole rings is 1. The van der Waals surface area contributed by atoms with Crippen LogP contribution in [0.3, 0.4) is 0 Å². The number of nitrogens with two attached hydrogens (primary N) is 1. The van der Waals surface area contributed by atoms with Gasteiger partial charge in [-0.2, -0.15) is 4.98 Å². The summed E-state index contributed by atoms with van der Waals surface area (Å²) in [5, 5.41) is 4.57. The van der Waals surface area contributed by atoms with Gasteiger partial charge in [0.2, 0.25) is 0 Å². The number of hydrogen-bond acceptors (Lipinski definition) is 8. The molecule has 0 bridgehead atoms. The summed E-state index contributed by atoms with van der Waals surface area (Å²) in [4.78, 5) is 24.9. The molecule has 2 N–H and O–H groups in total. The first-order valence-electron chi connectivity index (χ1n) is 12.4. The van der Waals surface area contributed by atoms with Crippen LogP contribution in [0.1, 0.15) is 66.0 Å². The molecule has 0 aromatic carbocycles. The Kier molecular flexibility index (Phi) is 8.57. The average Bonchev–Trinajstić information content (AvgIpc) is 3.15. The molecule has 2 aromatic heterocycles. The highest BCUT2D eigenvalue weighted by molar-refractivity contribution is 5.67. The average molecular weight is 476 g/mol. The van der Waals surface area contributed by atoms with E-state index >= 15 is 0 Å². The standard InChI is InChI=1S/C24H41N7O3/c1-7-8-17(2)33-22-27-20(25)21-26-16-19(31(21)28-22)15-18-9-11-30(12-10-18)14-13-29(6)23(32)34-24(3,4)5/h16-18H,7-15H2,1-6H3,(H2,25,27,28)/t17-/m0/s1. The molecule has 1 amide bonds. The molecule has 10 nitrogen and oxygen atoms in total. The number of rotatable bonds is 9. The number of carbonyl (C=O) groups is 1. The second-order valence-corrected chi connectivity index (χ2v) is 10.4. The highest BCUT2D eigenvalue weighted by Crippen LogP contribution is 2.24. The number of anilines is 1. The van der Waals surface area contributed by atoms with E-state index in [9.17, 15) is 4.79 Å². The summed E-state index contributed by atoms with van der Waals surface area (Å²) >= 11 is 0. The van der Waals surface area contributed by atoms with Crippen molar-refractivity contribution in [1.29, 1.82) is 0 Å². The number of likely N-dealkylation sites (N-methyl/N-ethyl adjacent to an activating group) is 1. The van der Waals surface area contributed by atoms with Crippen LogP contribution in [0.4, 0.5) is 10.6 Å². The van der Waals surface area contributed by atoms with Crippen LogP contribution >= 0.6 is 0 Å². The number of hydrogen-bond donors (Lipinski definition) is 1. The molecule has 34 heavy (non-hydrogen) atoms. The SMILES string of the molecule is CCC[C@H](C)Oc1nc(N)c2ncc(CC3CCN(CCN(C)C(=O)OC(C)(C)C)CC3)n2n1. The number of nitrogens with zero attached hydrogens (tertiary/aromatic N) is 6. The summed E-state index contributed by atoms with van der Waals surface area (Å²) in [5.74, 6) is 0.878. The van der Waals surface area contributed by atoms with Gasteiger partial charge in [-0.1, -0.05) is 13.3 Å². The molecule has 0 spiro atoms. The minimum Gasteiger partial charge on any atom is -0.459 e. The van der Waals surface area contributed by atoms with Crippen LogP contribution in [0.5, 0.6) is 6.01 Å². The molecule has 1 saturated heterocycles. The predicted molar refractivity (Wildman–Crippen MR) is 132 cm³/mol. The third-order valence-electron chi connectivity index (χ3n) is 6.10. The smallest absolute Gasteiger partial charge is 0.410 e. The lowest BCUT2D eigenvalue weighted by Crippen LogP contribution is -2.42. The second-order valence-electron chi connectivity index (χ2n) is 10.4. The maximum absolute atomic E-state index is 12.2. The van der Waals surface area contributed by atoms with Crippen LogP contribution in [0.15, 0.2) is 6.20 Å². The van der Waals surface area contributed by atoms with Gasteiger partial charge in [-0.25, -0.2) is 14.3 Å². The lowest BCUT2D eigenvalue weighted by Gasteiger charge is -2.33. The fraction of sp³-hybridized carbons (Fsp3) is 0.750. The molecule has 10 heteroatoms. The predicted octanol–water partition coefficient (Wildman–Crippen LogP) is 3.40. The van der Waals surface area contributed by atoms with Crippen LogP contribution in [0.25, 0.3) is 5.65 Å². The lowest BCUT2D eigenvalue weighted by molar-refractivity contribution is 0.0276. The van der Waals surface area contributed by atoms with Gasteiger partial charge in [-0.3, -0.25) is 0 Å². The zero-order valence-corrected chi connectivity index (χ0v) is 21.6. The molecule has 1 aliphatic heterocycles. The molecular weight excluding hydrogens is 434 g/mol. The maximum atomic E-state index is 12.2. The minimum absolute atomic E-state index is 0.0347. The Hall–Kier alpha value is -2.62. The van der Waals surface area contributed by atoms with E-state index < -0.39 is 5.60 Å². The van der Waals surface area contributed by atoms with E-state index in [1.165, 1.54) is 0 Å². The lowest BCUT2D eigenvalue weighted by atomic mass is 9.92. The highest BCUT2D eigenvalue weighted by Gasteiger charge is 2.24. The second kappa shape index (κ2) is 11.2. The Morgan fingerprint density at radius 1 is 1.32 bits per heavy atom. The molecule has 0 aliphatic carbocycles. The molecule has 190 valence electrons. The van der Waals surface area contributed by atoms with Crippen LogP contribution < -0.4 is 10.5 Å². The summed E-state index contributed by atoms with van der Waals surface area (Å²) in [5.41, 5.74) is 7.26. The van der Waals surface area contributed by atoms with Crippen molar-refractivity contribution in [2.24, 2.45) is 5.92 Å². The molecule has 1 atom stereocenters. The quantitative estimate of drug-likeness (QED) is 0.587. The van der Waals surface area contributed by atoms with Crippen molar-refractivity contribution in [2.75, 3.05) is 39.0 Å². The third-order valence-corrected chi connectivity index (χ3v) is 6.10. The van der Waals surface area contributed by atoms with E-state index in [2.05, 4.69) is 26.9 Å². The zero-order valence-electron chi connectivity index (χ0n) is 21.6. The summed E-state index contributed by atoms with van der Waals surface area (Å²) in [6.07, 6.45) is 6.63. The van der Waals surface area contributed by atoms with Gasteiger partial charge in [-0.15, -0.1) is 5.10 Å². The number of carbonyl (C=O) groups excluding carboxylic acids is 1. The molecule has 0 radical (unpaired) electrons. The molecule has 3 heterocycles. The monoisotopic (exact) mass is 475 g/mol. The summed E-state index contributed by atoms with van der Waals surface area (Å²) in [7, 11) is 1.79. The minimum atomic E-state index is -0.474. The van der Waals surface area contributed by atoms with E-state index in [0.29, 0.717) is 29.9 Å². The van der Waals surface area contributed by atoms with E-state index in [1.807, 2.05) is 33.9 Å². The topological polar surface area (TPSA) is 111 Å². The number of aromatic nitrogens is 4. The Bertz CT molecular complexity index is 948. The van der Waals surface area contributed by atoms with Gasteiger partial charge in [0.1, 0.15) is 5.60 Å². The van der Waals surface area contributed by atoms with Gasteiger partial charge in [0.05, 0.1) is 18.0 Å². The molecule has 1 fully saturated rings. The Labute approximate surface area is 202 Å². The van der Waals surface area contributed by atoms with E-state index in [0.717, 1.165) is 57.4 Å². The molecule has 2 aromatic rings. The van der Waals surface area contributed by atoms with Crippen molar-refractivity contribution in [1.82, 2.24) is 29.4 Å². The van der Waals surface area contributed by atoms with E-state index in [1.54, 1.807) is 16.5 Å². The molecule has 0 saturated carbocycles. The fourth-order valence-electron chi connectivity index (χ4n) is 4.20. The Morgan fingerprint density at radius 3 is 2.68 bits per heavy atom. The molecular formula is C24H41N7O3. The number of fused-ring (bicyclic) bond motifs is 1. The molecule has 3 rings (SSSR count). The van der Waals surface area contributed by atoms with Crippen molar-refractivity contribution >= 4 is 17.6 Å². The van der Waals surface area contributed by atoms with Gasteiger partial charge < -0.3 is 25.0 Å². The van der Waals surface area contributed by atoms with E-state index in [4.69, 9.17) is 15.2 Å². The third kappa shape index (κ3) is 7.19. The number of piperidine rings is 1.